The molecule has 1 aliphatic carbocycles. The van der Waals surface area contributed by atoms with Gasteiger partial charge in [-0.25, -0.2) is 4.39 Å². The van der Waals surface area contributed by atoms with E-state index in [1.807, 2.05) is 0 Å². The summed E-state index contributed by atoms with van der Waals surface area (Å²) >= 11 is 5.62. The number of hydrogen-bond acceptors (Lipinski definition) is 2. The van der Waals surface area contributed by atoms with Crippen LogP contribution in [-0.4, -0.2) is 10.6 Å². The van der Waals surface area contributed by atoms with E-state index in [9.17, 15) is 9.50 Å². The van der Waals surface area contributed by atoms with Gasteiger partial charge in [-0.15, -0.1) is 0 Å². The Morgan fingerprint density at radius 1 is 1.47 bits per heavy atom. The first kappa shape index (κ1) is 10.7. The third-order valence-corrected chi connectivity index (χ3v) is 3.15. The number of phenols is 1. The number of phenolic OH excluding ortho intramolecular Hbond substituents is 1. The number of hydrogen-bond donors (Lipinski definition) is 2. The molecule has 4 heteroatoms. The quantitative estimate of drug-likeness (QED) is 0.837. The van der Waals surface area contributed by atoms with Gasteiger partial charge in [0, 0.05) is 5.54 Å². The Morgan fingerprint density at radius 2 is 2.13 bits per heavy atom. The van der Waals surface area contributed by atoms with Gasteiger partial charge in [0.1, 0.15) is 0 Å². The highest BCUT2D eigenvalue weighted by Gasteiger charge is 2.37. The van der Waals surface area contributed by atoms with Crippen LogP contribution in [-0.2, 0) is 6.42 Å². The fourth-order valence-corrected chi connectivity index (χ4v) is 1.81. The summed E-state index contributed by atoms with van der Waals surface area (Å²) in [6.07, 6.45) is 3.68. The lowest BCUT2D eigenvalue weighted by molar-refractivity contribution is 0.431. The van der Waals surface area contributed by atoms with Crippen molar-refractivity contribution in [2.45, 2.75) is 31.2 Å². The standard InChI is InChI=1S/C11H13ClFNO/c12-8-5-7(6-9(15)10(8)13)1-2-11(14)3-4-11/h5-6,15H,1-4,14H2. The van der Waals surface area contributed by atoms with Crippen molar-refractivity contribution in [1.82, 2.24) is 0 Å². The average molecular weight is 230 g/mol. The lowest BCUT2D eigenvalue weighted by Gasteiger charge is -2.09. The monoisotopic (exact) mass is 229 g/mol. The van der Waals surface area contributed by atoms with Crippen LogP contribution in [0, 0.1) is 5.82 Å². The van der Waals surface area contributed by atoms with Gasteiger partial charge in [0.2, 0.25) is 0 Å². The van der Waals surface area contributed by atoms with Gasteiger partial charge >= 0.3 is 0 Å². The van der Waals surface area contributed by atoms with Gasteiger partial charge in [-0.05, 0) is 43.4 Å². The topological polar surface area (TPSA) is 46.2 Å². The van der Waals surface area contributed by atoms with Crippen LogP contribution in [0.1, 0.15) is 24.8 Å². The molecule has 0 atom stereocenters. The molecule has 1 saturated carbocycles. The third kappa shape index (κ3) is 2.41. The van der Waals surface area contributed by atoms with Crippen LogP contribution in [0.15, 0.2) is 12.1 Å². The minimum atomic E-state index is -0.755. The minimum Gasteiger partial charge on any atom is -0.505 e. The van der Waals surface area contributed by atoms with Gasteiger partial charge in [0.15, 0.2) is 11.6 Å². The van der Waals surface area contributed by atoms with Crippen molar-refractivity contribution in [3.63, 3.8) is 0 Å². The molecule has 0 aliphatic heterocycles. The number of halogens is 2. The molecule has 0 radical (unpaired) electrons. The molecule has 1 fully saturated rings. The van der Waals surface area contributed by atoms with Gasteiger partial charge in [-0.3, -0.25) is 0 Å². The van der Waals surface area contributed by atoms with E-state index in [1.165, 1.54) is 6.07 Å². The second-order valence-corrected chi connectivity index (χ2v) is 4.68. The summed E-state index contributed by atoms with van der Waals surface area (Å²) < 4.78 is 13.0. The van der Waals surface area contributed by atoms with Crippen molar-refractivity contribution >= 4 is 11.6 Å². The fraction of sp³-hybridized carbons (Fsp3) is 0.455. The van der Waals surface area contributed by atoms with Crippen LogP contribution in [0.2, 0.25) is 5.02 Å². The summed E-state index contributed by atoms with van der Waals surface area (Å²) in [4.78, 5) is 0. The highest BCUT2D eigenvalue weighted by Crippen LogP contribution is 2.37. The molecule has 3 N–H and O–H groups in total. The van der Waals surface area contributed by atoms with E-state index >= 15 is 0 Å². The second-order valence-electron chi connectivity index (χ2n) is 4.27. The van der Waals surface area contributed by atoms with Gasteiger partial charge in [0.25, 0.3) is 0 Å². The summed E-state index contributed by atoms with van der Waals surface area (Å²) in [5.41, 5.74) is 6.73. The molecule has 2 nitrogen and oxygen atoms in total. The predicted molar refractivity (Wildman–Crippen MR) is 57.5 cm³/mol. The molecule has 2 rings (SSSR count). The zero-order valence-electron chi connectivity index (χ0n) is 8.26. The number of aromatic hydroxyl groups is 1. The highest BCUT2D eigenvalue weighted by atomic mass is 35.5. The van der Waals surface area contributed by atoms with E-state index in [2.05, 4.69) is 0 Å². The third-order valence-electron chi connectivity index (χ3n) is 2.87. The number of nitrogens with two attached hydrogens (primary N) is 1. The maximum absolute atomic E-state index is 13.0. The van der Waals surface area contributed by atoms with Crippen molar-refractivity contribution in [1.29, 1.82) is 0 Å². The molecule has 0 unspecified atom stereocenters. The zero-order chi connectivity index (χ0) is 11.1. The lowest BCUT2D eigenvalue weighted by atomic mass is 10.0. The largest absolute Gasteiger partial charge is 0.505 e. The maximum Gasteiger partial charge on any atom is 0.183 e. The molecular formula is C11H13ClFNO. The van der Waals surface area contributed by atoms with E-state index in [-0.39, 0.29) is 16.3 Å². The molecule has 0 saturated heterocycles. The Hall–Kier alpha value is -0.800. The highest BCUT2D eigenvalue weighted by molar-refractivity contribution is 6.30. The van der Waals surface area contributed by atoms with Gasteiger partial charge in [0.05, 0.1) is 5.02 Å². The van der Waals surface area contributed by atoms with Crippen LogP contribution in [0.4, 0.5) is 4.39 Å². The number of benzene rings is 1. The maximum atomic E-state index is 13.0. The van der Waals surface area contributed by atoms with E-state index < -0.39 is 5.82 Å². The first-order valence-electron chi connectivity index (χ1n) is 4.96. The van der Waals surface area contributed by atoms with E-state index in [4.69, 9.17) is 17.3 Å². The minimum absolute atomic E-state index is 0.0313. The SMILES string of the molecule is NC1(CCc2cc(O)c(F)c(Cl)c2)CC1. The summed E-state index contributed by atoms with van der Waals surface area (Å²) in [6, 6.07) is 2.95. The van der Waals surface area contributed by atoms with Crippen LogP contribution in [0.25, 0.3) is 0 Å². The van der Waals surface area contributed by atoms with Crippen molar-refractivity contribution in [3.05, 3.63) is 28.5 Å². The molecular weight excluding hydrogens is 217 g/mol. The Bertz CT molecular complexity index is 367. The second kappa shape index (κ2) is 3.65. The molecule has 0 heterocycles. The molecule has 0 aromatic heterocycles. The Balaban J connectivity index is 2.08. The number of aryl methyl sites for hydroxylation is 1. The van der Waals surface area contributed by atoms with Gasteiger partial charge in [-0.1, -0.05) is 11.6 Å². The van der Waals surface area contributed by atoms with Gasteiger partial charge in [-0.2, -0.15) is 0 Å². The van der Waals surface area contributed by atoms with Crippen molar-refractivity contribution in [2.24, 2.45) is 5.73 Å². The summed E-state index contributed by atoms with van der Waals surface area (Å²) in [5, 5.41) is 9.20. The van der Waals surface area contributed by atoms with Crippen LogP contribution < -0.4 is 5.73 Å². The molecule has 1 aromatic carbocycles. The summed E-state index contributed by atoms with van der Waals surface area (Å²) in [7, 11) is 0. The van der Waals surface area contributed by atoms with E-state index in [1.54, 1.807) is 6.07 Å². The molecule has 15 heavy (non-hydrogen) atoms. The molecule has 1 aliphatic rings. The van der Waals surface area contributed by atoms with Crippen molar-refractivity contribution < 1.29 is 9.50 Å². The normalized spacial score (nSPS) is 17.8. The van der Waals surface area contributed by atoms with Gasteiger partial charge < -0.3 is 10.8 Å². The predicted octanol–water partition coefficient (Wildman–Crippen LogP) is 2.61. The lowest BCUT2D eigenvalue weighted by Crippen LogP contribution is -2.22. The smallest absolute Gasteiger partial charge is 0.183 e. The van der Waals surface area contributed by atoms with E-state index in [0.29, 0.717) is 0 Å². The summed E-state index contributed by atoms with van der Waals surface area (Å²) in [6.45, 7) is 0. The Labute approximate surface area is 92.9 Å². The number of rotatable bonds is 3. The zero-order valence-corrected chi connectivity index (χ0v) is 9.02. The van der Waals surface area contributed by atoms with Crippen molar-refractivity contribution in [2.75, 3.05) is 0 Å². The fourth-order valence-electron chi connectivity index (χ4n) is 1.58. The van der Waals surface area contributed by atoms with Crippen LogP contribution in [0.3, 0.4) is 0 Å². The molecule has 0 spiro atoms. The van der Waals surface area contributed by atoms with Crippen LogP contribution >= 0.6 is 11.6 Å². The Morgan fingerprint density at radius 3 is 2.67 bits per heavy atom. The molecule has 0 bridgehead atoms. The van der Waals surface area contributed by atoms with Crippen LogP contribution in [0.5, 0.6) is 5.75 Å². The van der Waals surface area contributed by atoms with E-state index in [0.717, 1.165) is 31.2 Å². The summed E-state index contributed by atoms with van der Waals surface area (Å²) in [5.74, 6) is -1.14. The molecule has 1 aromatic rings. The first-order chi connectivity index (χ1) is 7.00. The first-order valence-corrected chi connectivity index (χ1v) is 5.34. The Kier molecular flexibility index (Phi) is 2.61. The molecule has 82 valence electrons. The molecule has 0 amide bonds. The van der Waals surface area contributed by atoms with Crippen molar-refractivity contribution in [3.8, 4) is 5.75 Å². The average Bonchev–Trinajstić information content (AvgIpc) is 2.90.